The Balaban J connectivity index is 0.721. The first-order valence-electron chi connectivity index (χ1n) is 20.1. The normalized spacial score (nSPS) is 20.6. The van der Waals surface area contributed by atoms with Gasteiger partial charge in [0.2, 0.25) is 17.8 Å². The summed E-state index contributed by atoms with van der Waals surface area (Å²) in [7, 11) is 0. The highest BCUT2D eigenvalue weighted by Crippen LogP contribution is 2.36. The van der Waals surface area contributed by atoms with Crippen molar-refractivity contribution in [3.8, 4) is 11.8 Å². The van der Waals surface area contributed by atoms with Crippen molar-refractivity contribution in [3.63, 3.8) is 0 Å². The van der Waals surface area contributed by atoms with E-state index in [-0.39, 0.29) is 18.3 Å². The molecule has 9 rings (SSSR count). The zero-order valence-corrected chi connectivity index (χ0v) is 33.7. The summed E-state index contributed by atoms with van der Waals surface area (Å²) in [5.74, 6) is -0.510. The SMILES string of the molecule is CC(C)(c1ccc(OCc2ccnc(N3CC(N4CCN(C5CN(c6ccc7c(c6)C(=O)N(C6CCC(=O)NC6=O)C7=O)C5)CC4)C3)n2)cc1)c1cc(Cl)cc(C#N)c1. The van der Waals surface area contributed by atoms with Crippen molar-refractivity contribution < 1.29 is 23.9 Å². The number of halogens is 1. The van der Waals surface area contributed by atoms with Crippen LogP contribution in [0.15, 0.2) is 72.9 Å². The van der Waals surface area contributed by atoms with Crippen LogP contribution in [-0.4, -0.2) is 119 Å². The highest BCUT2D eigenvalue weighted by Gasteiger charge is 2.45. The van der Waals surface area contributed by atoms with Gasteiger partial charge in [0.15, 0.2) is 0 Å². The van der Waals surface area contributed by atoms with Gasteiger partial charge in [0, 0.05) is 93.2 Å². The van der Waals surface area contributed by atoms with Gasteiger partial charge in [-0.05, 0) is 72.1 Å². The maximum atomic E-state index is 13.3. The van der Waals surface area contributed by atoms with Gasteiger partial charge in [-0.25, -0.2) is 9.97 Å². The number of nitrogens with zero attached hydrogens (tertiary/aromatic N) is 8. The Morgan fingerprint density at radius 1 is 0.831 bits per heavy atom. The van der Waals surface area contributed by atoms with E-state index in [0.717, 1.165) is 85.5 Å². The minimum absolute atomic E-state index is 0.0941. The number of nitriles is 1. The Hall–Kier alpha value is -5.88. The zero-order valence-electron chi connectivity index (χ0n) is 32.9. The lowest BCUT2D eigenvalue weighted by molar-refractivity contribution is -0.136. The smallest absolute Gasteiger partial charge is 0.262 e. The molecule has 14 nitrogen and oxygen atoms in total. The number of carbonyl (C=O) groups is 4. The number of fused-ring (bicyclic) bond motifs is 1. The van der Waals surface area contributed by atoms with E-state index >= 15 is 0 Å². The number of amides is 4. The van der Waals surface area contributed by atoms with Crippen molar-refractivity contribution in [2.75, 3.05) is 62.2 Å². The molecule has 0 radical (unpaired) electrons. The number of piperazine rings is 1. The lowest BCUT2D eigenvalue weighted by Gasteiger charge is -2.52. The van der Waals surface area contributed by atoms with E-state index in [0.29, 0.717) is 46.4 Å². The second-order valence-electron chi connectivity index (χ2n) is 16.5. The first-order chi connectivity index (χ1) is 28.4. The third kappa shape index (κ3) is 7.39. The molecular weight excluding hydrogens is 770 g/mol. The van der Waals surface area contributed by atoms with E-state index in [2.05, 4.69) is 49.8 Å². The summed E-state index contributed by atoms with van der Waals surface area (Å²) >= 11 is 6.30. The summed E-state index contributed by atoms with van der Waals surface area (Å²) < 4.78 is 6.12. The molecule has 1 N–H and O–H groups in total. The third-order valence-corrected chi connectivity index (χ3v) is 12.8. The van der Waals surface area contributed by atoms with Crippen molar-refractivity contribution in [2.45, 2.75) is 56.8 Å². The van der Waals surface area contributed by atoms with Crippen LogP contribution < -0.4 is 19.9 Å². The monoisotopic (exact) mass is 813 g/mol. The molecule has 6 heterocycles. The first-order valence-corrected chi connectivity index (χ1v) is 20.4. The summed E-state index contributed by atoms with van der Waals surface area (Å²) in [5.41, 5.74) is 4.54. The number of carbonyl (C=O) groups excluding carboxylic acids is 4. The van der Waals surface area contributed by atoms with Gasteiger partial charge in [0.25, 0.3) is 11.8 Å². The fraction of sp³-hybridized carbons (Fsp3) is 0.386. The number of rotatable bonds is 10. The van der Waals surface area contributed by atoms with Crippen LogP contribution in [0.2, 0.25) is 5.02 Å². The molecule has 0 aliphatic carbocycles. The number of aromatic nitrogens is 2. The van der Waals surface area contributed by atoms with Crippen LogP contribution in [0.5, 0.6) is 5.75 Å². The highest BCUT2D eigenvalue weighted by atomic mass is 35.5. The number of benzene rings is 3. The Bertz CT molecular complexity index is 2380. The molecule has 5 aliphatic rings. The number of nitrogens with one attached hydrogen (secondary N) is 1. The molecule has 0 bridgehead atoms. The molecule has 0 saturated carbocycles. The Labute approximate surface area is 347 Å². The second-order valence-corrected chi connectivity index (χ2v) is 16.9. The standard InChI is InChI=1S/C44H44ClN9O5/c1-44(2,29-17-27(21-46)18-30(45)19-29)28-3-6-35(7-4-28)59-26-31-11-12-47-43(48-31)53-24-34(25-53)51-15-13-50(14-16-51)33-22-52(23-33)32-5-8-36-37(20-32)42(58)54(41(36)57)38-9-10-39(55)49-40(38)56/h3-8,11-12,17-20,33-34,38H,9-10,13-16,22-26H2,1-2H3,(H,49,55,56). The van der Waals surface area contributed by atoms with Crippen LogP contribution in [0.3, 0.4) is 0 Å². The first kappa shape index (κ1) is 38.6. The van der Waals surface area contributed by atoms with Crippen molar-refractivity contribution in [1.29, 1.82) is 5.26 Å². The van der Waals surface area contributed by atoms with Crippen LogP contribution in [0, 0.1) is 11.3 Å². The van der Waals surface area contributed by atoms with Crippen molar-refractivity contribution in [2.24, 2.45) is 0 Å². The topological polar surface area (TPSA) is 155 Å². The van der Waals surface area contributed by atoms with Gasteiger partial charge in [-0.3, -0.25) is 39.2 Å². The van der Waals surface area contributed by atoms with Crippen LogP contribution in [0.1, 0.15) is 69.8 Å². The van der Waals surface area contributed by atoms with E-state index in [1.807, 2.05) is 48.5 Å². The molecule has 3 aromatic carbocycles. The van der Waals surface area contributed by atoms with Gasteiger partial charge in [-0.1, -0.05) is 37.6 Å². The van der Waals surface area contributed by atoms with E-state index in [1.165, 1.54) is 0 Å². The van der Waals surface area contributed by atoms with E-state index in [4.69, 9.17) is 21.3 Å². The van der Waals surface area contributed by atoms with E-state index < -0.39 is 29.7 Å². The molecule has 4 fully saturated rings. The van der Waals surface area contributed by atoms with Crippen molar-refractivity contribution in [1.82, 2.24) is 30.0 Å². The fourth-order valence-electron chi connectivity index (χ4n) is 8.79. The number of anilines is 2. The van der Waals surface area contributed by atoms with Crippen LogP contribution in [0.4, 0.5) is 11.6 Å². The number of piperidine rings is 1. The molecule has 15 heteroatoms. The van der Waals surface area contributed by atoms with Crippen LogP contribution in [0.25, 0.3) is 0 Å². The average molecular weight is 814 g/mol. The summed E-state index contributed by atoms with van der Waals surface area (Å²) in [5, 5.41) is 12.2. The third-order valence-electron chi connectivity index (χ3n) is 12.6. The number of ether oxygens (including phenoxy) is 1. The Morgan fingerprint density at radius 2 is 1.51 bits per heavy atom. The van der Waals surface area contributed by atoms with Gasteiger partial charge >= 0.3 is 0 Å². The molecule has 4 amide bonds. The maximum Gasteiger partial charge on any atom is 0.262 e. The van der Waals surface area contributed by atoms with Gasteiger partial charge in [0.1, 0.15) is 18.4 Å². The van der Waals surface area contributed by atoms with Crippen LogP contribution in [-0.2, 0) is 21.6 Å². The molecule has 59 heavy (non-hydrogen) atoms. The quantitative estimate of drug-likeness (QED) is 0.230. The zero-order chi connectivity index (χ0) is 41.0. The van der Waals surface area contributed by atoms with Crippen LogP contribution >= 0.6 is 11.6 Å². The number of hydrogen-bond acceptors (Lipinski definition) is 12. The largest absolute Gasteiger partial charge is 0.487 e. The van der Waals surface area contributed by atoms with Gasteiger partial charge in [-0.15, -0.1) is 0 Å². The Kier molecular flexibility index (Phi) is 10.1. The minimum atomic E-state index is -0.969. The second kappa shape index (κ2) is 15.4. The lowest BCUT2D eigenvalue weighted by atomic mass is 9.78. The summed E-state index contributed by atoms with van der Waals surface area (Å²) in [6.07, 6.45) is 2.02. The van der Waals surface area contributed by atoms with Gasteiger partial charge < -0.3 is 14.5 Å². The molecule has 1 atom stereocenters. The molecule has 1 aromatic heterocycles. The van der Waals surface area contributed by atoms with Crippen molar-refractivity contribution in [3.05, 3.63) is 111 Å². The van der Waals surface area contributed by atoms with E-state index in [1.54, 1.807) is 24.4 Å². The molecule has 5 aliphatic heterocycles. The minimum Gasteiger partial charge on any atom is -0.487 e. The van der Waals surface area contributed by atoms with Gasteiger partial charge in [0.05, 0.1) is 28.5 Å². The molecular formula is C44H44ClN9O5. The Morgan fingerprint density at radius 3 is 2.19 bits per heavy atom. The molecule has 4 saturated heterocycles. The van der Waals surface area contributed by atoms with Gasteiger partial charge in [-0.2, -0.15) is 5.26 Å². The molecule has 4 aromatic rings. The van der Waals surface area contributed by atoms with Crippen molar-refractivity contribution >= 4 is 46.9 Å². The maximum absolute atomic E-state index is 13.3. The summed E-state index contributed by atoms with van der Waals surface area (Å²) in [6, 6.07) is 22.7. The molecule has 0 spiro atoms. The van der Waals surface area contributed by atoms with E-state index in [9.17, 15) is 24.4 Å². The number of imide groups is 2. The highest BCUT2D eigenvalue weighted by molar-refractivity contribution is 6.30. The average Bonchev–Trinajstić information content (AvgIpc) is 3.44. The lowest BCUT2D eigenvalue weighted by Crippen LogP contribution is -2.67. The number of hydrogen-bond donors (Lipinski definition) is 1. The predicted octanol–water partition coefficient (Wildman–Crippen LogP) is 4.00. The fourth-order valence-corrected chi connectivity index (χ4v) is 9.03. The molecule has 1 unspecified atom stereocenters. The summed E-state index contributed by atoms with van der Waals surface area (Å²) in [6.45, 7) is 11.9. The summed E-state index contributed by atoms with van der Waals surface area (Å²) in [4.78, 5) is 70.4. The predicted molar refractivity (Wildman–Crippen MR) is 219 cm³/mol. The molecule has 302 valence electrons.